The third kappa shape index (κ3) is 3.99. The number of rotatable bonds is 4. The maximum atomic E-state index is 15.3. The summed E-state index contributed by atoms with van der Waals surface area (Å²) < 4.78 is 18.7. The van der Waals surface area contributed by atoms with E-state index in [-0.39, 0.29) is 28.0 Å². The van der Waals surface area contributed by atoms with Crippen LogP contribution in [-0.2, 0) is 4.79 Å². The zero-order chi connectivity index (χ0) is 29.9. The van der Waals surface area contributed by atoms with E-state index in [9.17, 15) is 14.9 Å². The summed E-state index contributed by atoms with van der Waals surface area (Å²) in [4.78, 5) is 39.4. The van der Waals surface area contributed by atoms with Crippen LogP contribution in [0.4, 0.5) is 10.1 Å². The van der Waals surface area contributed by atoms with Gasteiger partial charge >= 0.3 is 5.56 Å². The zero-order valence-electron chi connectivity index (χ0n) is 23.4. The first-order valence-electron chi connectivity index (χ1n) is 13.7. The highest BCUT2D eigenvalue weighted by atomic mass is 35.5. The first kappa shape index (κ1) is 27.5. The first-order chi connectivity index (χ1) is 20.2. The van der Waals surface area contributed by atoms with Gasteiger partial charge in [0.2, 0.25) is 5.91 Å². The minimum Gasteiger partial charge on any atom is -0.366 e. The van der Waals surface area contributed by atoms with E-state index in [0.717, 1.165) is 0 Å². The fraction of sp³-hybridized carbons (Fsp3) is 0.290. The van der Waals surface area contributed by atoms with Gasteiger partial charge in [-0.3, -0.25) is 4.79 Å². The average Bonchev–Trinajstić information content (AvgIpc) is 2.99. The van der Waals surface area contributed by atoms with Gasteiger partial charge < -0.3 is 9.80 Å². The molecule has 9 nitrogen and oxygen atoms in total. The molecule has 0 aliphatic carbocycles. The molecule has 0 spiro atoms. The van der Waals surface area contributed by atoms with Crippen LogP contribution in [0.1, 0.15) is 49.7 Å². The lowest BCUT2D eigenvalue weighted by Gasteiger charge is -2.36. The number of carbonyl (C=O) groups excluding carboxylic acids is 1. The summed E-state index contributed by atoms with van der Waals surface area (Å²) in [5.41, 5.74) is 2.78. The molecular weight excluding hydrogens is 557 g/mol. The van der Waals surface area contributed by atoms with Crippen molar-refractivity contribution in [2.45, 2.75) is 32.7 Å². The molecular formula is C31H28ClFN7O2+. The SMILES string of the molecule is C=CC(=O)N1CCN(c2c(C#N)c(=O)n3c4c2cc(Cl)c(-c2ccccc2F)[n+]4C(C)c2ncnc(C(C)C)c2-3)CC1. The Morgan fingerprint density at radius 1 is 1.21 bits per heavy atom. The molecule has 1 amide bonds. The molecule has 0 bridgehead atoms. The van der Waals surface area contributed by atoms with E-state index >= 15 is 4.39 Å². The summed E-state index contributed by atoms with van der Waals surface area (Å²) in [6.45, 7) is 11.0. The van der Waals surface area contributed by atoms with Crippen LogP contribution < -0.4 is 15.0 Å². The second-order valence-electron chi connectivity index (χ2n) is 10.7. The molecule has 0 N–H and O–H groups in total. The quantitative estimate of drug-likeness (QED) is 0.262. The second kappa shape index (κ2) is 10.3. The smallest absolute Gasteiger partial charge is 0.359 e. The molecule has 1 aromatic carbocycles. The largest absolute Gasteiger partial charge is 0.366 e. The number of pyridine rings is 2. The number of nitriles is 1. The summed E-state index contributed by atoms with van der Waals surface area (Å²) in [5.74, 6) is -0.690. The van der Waals surface area contributed by atoms with E-state index < -0.39 is 17.4 Å². The Balaban J connectivity index is 1.75. The summed E-state index contributed by atoms with van der Waals surface area (Å²) in [7, 11) is 0. The fourth-order valence-corrected chi connectivity index (χ4v) is 6.45. The van der Waals surface area contributed by atoms with Crippen molar-refractivity contribution >= 4 is 34.2 Å². The molecule has 1 fully saturated rings. The molecule has 2 aliphatic rings. The van der Waals surface area contributed by atoms with E-state index in [0.29, 0.717) is 65.7 Å². The van der Waals surface area contributed by atoms with Crippen LogP contribution >= 0.6 is 11.6 Å². The number of amides is 1. The number of aromatic nitrogens is 4. The highest BCUT2D eigenvalue weighted by Crippen LogP contribution is 2.41. The van der Waals surface area contributed by atoms with Crippen LogP contribution in [0, 0.1) is 17.1 Å². The predicted molar refractivity (Wildman–Crippen MR) is 157 cm³/mol. The van der Waals surface area contributed by atoms with Crippen molar-refractivity contribution in [1.82, 2.24) is 19.4 Å². The number of anilines is 1. The van der Waals surface area contributed by atoms with Crippen LogP contribution in [0.2, 0.25) is 5.02 Å². The van der Waals surface area contributed by atoms with Crippen LogP contribution in [0.15, 0.2) is 54.1 Å². The molecule has 42 heavy (non-hydrogen) atoms. The Labute approximate surface area is 246 Å². The topological polar surface area (TPSA) is 99.0 Å². The van der Waals surface area contributed by atoms with Crippen LogP contribution in [-0.4, -0.2) is 51.5 Å². The minimum atomic E-state index is -0.523. The summed E-state index contributed by atoms with van der Waals surface area (Å²) in [6.07, 6.45) is 2.74. The first-order valence-corrected chi connectivity index (χ1v) is 14.1. The number of nitrogens with zero attached hydrogens (tertiary/aromatic N) is 7. The van der Waals surface area contributed by atoms with Gasteiger partial charge in [0.15, 0.2) is 16.9 Å². The lowest BCUT2D eigenvalue weighted by molar-refractivity contribution is -0.679. The van der Waals surface area contributed by atoms with Gasteiger partial charge in [-0.2, -0.15) is 9.83 Å². The maximum Gasteiger partial charge on any atom is 0.359 e. The molecule has 4 aromatic rings. The van der Waals surface area contributed by atoms with Crippen molar-refractivity contribution in [3.63, 3.8) is 0 Å². The number of benzene rings is 1. The van der Waals surface area contributed by atoms with Crippen molar-refractivity contribution in [2.75, 3.05) is 31.1 Å². The maximum absolute atomic E-state index is 15.3. The fourth-order valence-electron chi connectivity index (χ4n) is 6.15. The Hall–Kier alpha value is -4.62. The standard InChI is InChI=1S/C31H28ClFN7O2/c1-5-24(41)37-10-12-38(13-11-37)27-20-14-22(32)28(19-8-6-7-9-23(19)33)39-18(4)26-29(25(17(2)3)35-16-36-26)40(30(20)39)31(42)21(27)15-34/h5-9,14,16-18H,1,10-13H2,2-4H3/q+1. The number of piperazine rings is 1. The van der Waals surface area contributed by atoms with Gasteiger partial charge in [0.1, 0.15) is 29.9 Å². The molecule has 0 saturated carbocycles. The normalized spacial score (nSPS) is 16.0. The van der Waals surface area contributed by atoms with Crippen molar-refractivity contribution in [3.8, 4) is 23.0 Å². The number of fused-ring (bicyclic) bond motifs is 2. The van der Waals surface area contributed by atoms with E-state index in [4.69, 9.17) is 11.6 Å². The van der Waals surface area contributed by atoms with E-state index in [1.807, 2.05) is 30.2 Å². The highest BCUT2D eigenvalue weighted by Gasteiger charge is 2.42. The number of carbonyl (C=O) groups is 1. The summed E-state index contributed by atoms with van der Waals surface area (Å²) >= 11 is 7.00. The van der Waals surface area contributed by atoms with Crippen molar-refractivity contribution < 1.29 is 13.8 Å². The van der Waals surface area contributed by atoms with E-state index in [1.165, 1.54) is 23.0 Å². The third-order valence-electron chi connectivity index (χ3n) is 8.08. The van der Waals surface area contributed by atoms with Crippen molar-refractivity contribution in [3.05, 3.63) is 87.5 Å². The lowest BCUT2D eigenvalue weighted by atomic mass is 9.98. The minimum absolute atomic E-state index is 0.0497. The highest BCUT2D eigenvalue weighted by molar-refractivity contribution is 6.33. The van der Waals surface area contributed by atoms with Crippen LogP contribution in [0.3, 0.4) is 0 Å². The molecule has 2 aliphatic heterocycles. The van der Waals surface area contributed by atoms with E-state index in [1.54, 1.807) is 29.2 Å². The number of hydrogen-bond donors (Lipinski definition) is 0. The van der Waals surface area contributed by atoms with Crippen LogP contribution in [0.5, 0.6) is 0 Å². The molecule has 1 saturated heterocycles. The van der Waals surface area contributed by atoms with E-state index in [2.05, 4.69) is 22.6 Å². The Kier molecular flexibility index (Phi) is 6.78. The van der Waals surface area contributed by atoms with Gasteiger partial charge in [-0.25, -0.2) is 23.7 Å². The van der Waals surface area contributed by atoms with Gasteiger partial charge in [0, 0.05) is 26.2 Å². The van der Waals surface area contributed by atoms with Crippen molar-refractivity contribution in [1.29, 1.82) is 5.26 Å². The summed E-state index contributed by atoms with van der Waals surface area (Å²) in [6, 6.07) is 9.76. The Morgan fingerprint density at radius 2 is 1.93 bits per heavy atom. The van der Waals surface area contributed by atoms with Gasteiger partial charge in [-0.15, -0.1) is 0 Å². The molecule has 1 unspecified atom stereocenters. The predicted octanol–water partition coefficient (Wildman–Crippen LogP) is 4.28. The molecule has 0 radical (unpaired) electrons. The molecule has 1 atom stereocenters. The molecule has 5 heterocycles. The monoisotopic (exact) mass is 584 g/mol. The van der Waals surface area contributed by atoms with Crippen molar-refractivity contribution in [2.24, 2.45) is 0 Å². The van der Waals surface area contributed by atoms with Crippen LogP contribution in [0.25, 0.3) is 28.0 Å². The summed E-state index contributed by atoms with van der Waals surface area (Å²) in [5, 5.41) is 11.2. The Morgan fingerprint density at radius 3 is 2.57 bits per heavy atom. The van der Waals surface area contributed by atoms with Gasteiger partial charge in [0.25, 0.3) is 5.65 Å². The molecule has 6 rings (SSSR count). The van der Waals surface area contributed by atoms with Gasteiger partial charge in [0.05, 0.1) is 27.4 Å². The number of halogens is 2. The molecule has 3 aromatic heterocycles. The zero-order valence-corrected chi connectivity index (χ0v) is 24.2. The number of hydrogen-bond acceptors (Lipinski definition) is 6. The average molecular weight is 585 g/mol. The molecule has 212 valence electrons. The third-order valence-corrected chi connectivity index (χ3v) is 8.37. The second-order valence-corrected chi connectivity index (χ2v) is 11.2. The molecule has 11 heteroatoms. The van der Waals surface area contributed by atoms with Gasteiger partial charge in [-0.05, 0) is 37.1 Å². The lowest BCUT2D eigenvalue weighted by Crippen LogP contribution is -2.52. The van der Waals surface area contributed by atoms with Gasteiger partial charge in [-0.1, -0.05) is 44.2 Å². The Bertz CT molecular complexity index is 1900.